The molecule has 35 heavy (non-hydrogen) atoms. The number of hydrogen-bond acceptors (Lipinski definition) is 5. The zero-order valence-corrected chi connectivity index (χ0v) is 20.5. The Hall–Kier alpha value is -2.94. The fourth-order valence-electron chi connectivity index (χ4n) is 5.55. The summed E-state index contributed by atoms with van der Waals surface area (Å²) in [5, 5.41) is 14.4. The number of halogens is 1. The minimum atomic E-state index is -1.30. The molecule has 2 atom stereocenters. The average molecular weight is 484 g/mol. The highest BCUT2D eigenvalue weighted by molar-refractivity contribution is 5.94. The van der Waals surface area contributed by atoms with E-state index in [1.165, 1.54) is 21.7 Å². The van der Waals surface area contributed by atoms with Crippen LogP contribution in [-0.4, -0.2) is 88.0 Å². The molecule has 1 aromatic carbocycles. The number of amides is 2. The van der Waals surface area contributed by atoms with Crippen molar-refractivity contribution in [2.75, 3.05) is 44.2 Å². The van der Waals surface area contributed by atoms with Gasteiger partial charge in [0.1, 0.15) is 18.8 Å². The van der Waals surface area contributed by atoms with Crippen LogP contribution in [-0.2, 0) is 24.2 Å². The van der Waals surface area contributed by atoms with Crippen LogP contribution in [0.3, 0.4) is 0 Å². The third-order valence-electron chi connectivity index (χ3n) is 7.83. The Morgan fingerprint density at radius 2 is 1.86 bits per heavy atom. The molecule has 188 valence electrons. The summed E-state index contributed by atoms with van der Waals surface area (Å²) >= 11 is 0. The molecule has 2 saturated heterocycles. The third kappa shape index (κ3) is 4.53. The van der Waals surface area contributed by atoms with Crippen molar-refractivity contribution < 1.29 is 19.1 Å². The Kier molecular flexibility index (Phi) is 6.53. The van der Waals surface area contributed by atoms with Crippen LogP contribution < -0.4 is 4.90 Å². The number of aliphatic hydroxyl groups excluding tert-OH is 1. The van der Waals surface area contributed by atoms with E-state index in [-0.39, 0.29) is 37.9 Å². The number of hydrogen-bond donors (Lipinski definition) is 1. The number of likely N-dealkylation sites (tertiary alicyclic amines) is 1. The van der Waals surface area contributed by atoms with Crippen molar-refractivity contribution in [1.29, 1.82) is 0 Å². The minimum Gasteiger partial charge on any atom is -0.388 e. The number of alkyl halides is 1. The molecule has 1 aromatic heterocycles. The summed E-state index contributed by atoms with van der Waals surface area (Å²) in [6.45, 7) is 7.48. The highest BCUT2D eigenvalue weighted by atomic mass is 19.1. The van der Waals surface area contributed by atoms with Crippen LogP contribution >= 0.6 is 0 Å². The standard InChI is InChI=1S/C26H34FN5O3/c1-17-5-3-7-21(18(17)2)29-11-13-30(14-12-29)24(34)16-32-22-8-4-6-19(22)25(28-32)26(35)31-10-9-20(27)23(33)15-31/h3,5,7,20,23,33H,4,6,8-16H2,1-2H3/t20-,23-/m0/s1. The van der Waals surface area contributed by atoms with Gasteiger partial charge in [0.25, 0.3) is 5.91 Å². The Morgan fingerprint density at radius 1 is 1.09 bits per heavy atom. The van der Waals surface area contributed by atoms with Crippen molar-refractivity contribution in [1.82, 2.24) is 19.6 Å². The Balaban J connectivity index is 1.25. The zero-order valence-electron chi connectivity index (χ0n) is 20.5. The second kappa shape index (κ2) is 9.60. The number of carbonyl (C=O) groups is 2. The summed E-state index contributed by atoms with van der Waals surface area (Å²) in [6.07, 6.45) is 0.134. The molecule has 0 spiro atoms. The maximum Gasteiger partial charge on any atom is 0.274 e. The predicted octanol–water partition coefficient (Wildman–Crippen LogP) is 1.88. The van der Waals surface area contributed by atoms with Crippen molar-refractivity contribution in [3.63, 3.8) is 0 Å². The molecule has 5 rings (SSSR count). The second-order valence-electron chi connectivity index (χ2n) is 10.00. The number of piperazine rings is 1. The van der Waals surface area contributed by atoms with E-state index in [2.05, 4.69) is 42.0 Å². The molecule has 0 saturated carbocycles. The van der Waals surface area contributed by atoms with Crippen LogP contribution in [0.15, 0.2) is 18.2 Å². The van der Waals surface area contributed by atoms with Crippen molar-refractivity contribution in [3.05, 3.63) is 46.3 Å². The van der Waals surface area contributed by atoms with Crippen molar-refractivity contribution >= 4 is 17.5 Å². The maximum absolute atomic E-state index is 13.7. The van der Waals surface area contributed by atoms with Crippen LogP contribution in [0.1, 0.15) is 45.7 Å². The number of carbonyl (C=O) groups excluding carboxylic acids is 2. The number of aromatic nitrogens is 2. The van der Waals surface area contributed by atoms with Gasteiger partial charge in [-0.05, 0) is 56.7 Å². The van der Waals surface area contributed by atoms with Crippen molar-refractivity contribution in [3.8, 4) is 0 Å². The topological polar surface area (TPSA) is 81.9 Å². The number of nitrogens with zero attached hydrogens (tertiary/aromatic N) is 5. The Morgan fingerprint density at radius 3 is 2.60 bits per heavy atom. The van der Waals surface area contributed by atoms with Crippen molar-refractivity contribution in [2.24, 2.45) is 0 Å². The average Bonchev–Trinajstić information content (AvgIpc) is 3.46. The van der Waals surface area contributed by atoms with Gasteiger partial charge in [0.15, 0.2) is 5.69 Å². The lowest BCUT2D eigenvalue weighted by Gasteiger charge is -2.37. The van der Waals surface area contributed by atoms with Gasteiger partial charge in [-0.25, -0.2) is 4.39 Å². The highest BCUT2D eigenvalue weighted by Gasteiger charge is 2.35. The number of piperidine rings is 1. The van der Waals surface area contributed by atoms with E-state index < -0.39 is 12.3 Å². The zero-order chi connectivity index (χ0) is 24.7. The molecule has 1 N–H and O–H groups in total. The molecule has 2 aromatic rings. The molecule has 0 bridgehead atoms. The van der Waals surface area contributed by atoms with E-state index >= 15 is 0 Å². The summed E-state index contributed by atoms with van der Waals surface area (Å²) in [6, 6.07) is 6.33. The van der Waals surface area contributed by atoms with E-state index in [1.54, 1.807) is 4.68 Å². The quantitative estimate of drug-likeness (QED) is 0.718. The first-order valence-corrected chi connectivity index (χ1v) is 12.6. The number of fused-ring (bicyclic) bond motifs is 1. The Bertz CT molecular complexity index is 1120. The van der Waals surface area contributed by atoms with Gasteiger partial charge in [-0.3, -0.25) is 14.3 Å². The molecule has 2 amide bonds. The van der Waals surface area contributed by atoms with Crippen LogP contribution in [0.5, 0.6) is 0 Å². The van der Waals surface area contributed by atoms with Gasteiger partial charge in [0, 0.05) is 56.2 Å². The molecule has 2 aliphatic heterocycles. The summed E-state index contributed by atoms with van der Waals surface area (Å²) in [4.78, 5) is 32.0. The number of benzene rings is 1. The molecule has 0 unspecified atom stereocenters. The van der Waals surface area contributed by atoms with E-state index in [9.17, 15) is 19.1 Å². The minimum absolute atomic E-state index is 0.00970. The monoisotopic (exact) mass is 483 g/mol. The smallest absolute Gasteiger partial charge is 0.274 e. The summed E-state index contributed by atoms with van der Waals surface area (Å²) < 4.78 is 15.4. The number of aryl methyl sites for hydroxylation is 1. The summed E-state index contributed by atoms with van der Waals surface area (Å²) in [5.74, 6) is -0.266. The van der Waals surface area contributed by atoms with Gasteiger partial charge in [-0.2, -0.15) is 5.10 Å². The summed E-state index contributed by atoms with van der Waals surface area (Å²) in [5.41, 5.74) is 5.99. The lowest BCUT2D eigenvalue weighted by atomic mass is 10.1. The van der Waals surface area contributed by atoms with Crippen LogP contribution in [0.2, 0.25) is 0 Å². The fourth-order valence-corrected chi connectivity index (χ4v) is 5.55. The van der Waals surface area contributed by atoms with Gasteiger partial charge in [-0.1, -0.05) is 12.1 Å². The lowest BCUT2D eigenvalue weighted by Crippen LogP contribution is -2.50. The van der Waals surface area contributed by atoms with E-state index in [0.29, 0.717) is 18.8 Å². The fraction of sp³-hybridized carbons (Fsp3) is 0.577. The number of anilines is 1. The highest BCUT2D eigenvalue weighted by Crippen LogP contribution is 2.28. The molecule has 2 fully saturated rings. The first-order valence-electron chi connectivity index (χ1n) is 12.6. The molecule has 8 nitrogen and oxygen atoms in total. The normalized spacial score (nSPS) is 22.5. The first kappa shape index (κ1) is 23.8. The number of aliphatic hydroxyl groups is 1. The van der Waals surface area contributed by atoms with Crippen LogP contribution in [0.4, 0.5) is 10.1 Å². The van der Waals surface area contributed by atoms with Gasteiger partial charge in [0.2, 0.25) is 5.91 Å². The maximum atomic E-state index is 13.7. The van der Waals surface area contributed by atoms with Gasteiger partial charge in [0.05, 0.1) is 0 Å². The molecule has 3 aliphatic rings. The van der Waals surface area contributed by atoms with E-state index in [0.717, 1.165) is 43.6 Å². The molecule has 1 aliphatic carbocycles. The van der Waals surface area contributed by atoms with Crippen LogP contribution in [0.25, 0.3) is 0 Å². The Labute approximate surface area is 205 Å². The molecule has 9 heteroatoms. The van der Waals surface area contributed by atoms with Gasteiger partial charge in [-0.15, -0.1) is 0 Å². The predicted molar refractivity (Wildman–Crippen MR) is 130 cm³/mol. The number of β-amino-alcohol motifs (C(OH)–C–C–N with tert-alkyl or cyclic N) is 1. The largest absolute Gasteiger partial charge is 0.388 e. The van der Waals surface area contributed by atoms with Gasteiger partial charge >= 0.3 is 0 Å². The van der Waals surface area contributed by atoms with E-state index in [1.807, 2.05) is 4.90 Å². The van der Waals surface area contributed by atoms with Crippen LogP contribution in [0, 0.1) is 13.8 Å². The van der Waals surface area contributed by atoms with Gasteiger partial charge < -0.3 is 19.8 Å². The third-order valence-corrected chi connectivity index (χ3v) is 7.83. The summed E-state index contributed by atoms with van der Waals surface area (Å²) in [7, 11) is 0. The first-order chi connectivity index (χ1) is 16.8. The molecular formula is C26H34FN5O3. The lowest BCUT2D eigenvalue weighted by molar-refractivity contribution is -0.132. The SMILES string of the molecule is Cc1cccc(N2CCN(C(=O)Cn3nc(C(=O)N4CC[C@H](F)[C@@H](O)C4)c4c3CCC4)CC2)c1C. The molecular weight excluding hydrogens is 449 g/mol. The molecule has 0 radical (unpaired) electrons. The second-order valence-corrected chi connectivity index (χ2v) is 10.00. The molecule has 3 heterocycles. The van der Waals surface area contributed by atoms with Crippen molar-refractivity contribution in [2.45, 2.75) is 58.4 Å². The van der Waals surface area contributed by atoms with E-state index in [4.69, 9.17) is 0 Å². The number of rotatable bonds is 4.